The van der Waals surface area contributed by atoms with Crippen molar-refractivity contribution in [3.05, 3.63) is 24.0 Å². The molecule has 0 aliphatic carbocycles. The van der Waals surface area contributed by atoms with Crippen LogP contribution in [0.15, 0.2) is 18.3 Å². The summed E-state index contributed by atoms with van der Waals surface area (Å²) in [5.41, 5.74) is 0.855. The minimum atomic E-state index is -0.438. The zero-order valence-electron chi connectivity index (χ0n) is 13.8. The first-order valence-electron chi connectivity index (χ1n) is 7.73. The Hall–Kier alpha value is -1.82. The number of urea groups is 1. The molecule has 2 N–H and O–H groups in total. The number of amides is 3. The van der Waals surface area contributed by atoms with E-state index in [-0.39, 0.29) is 24.0 Å². The molecule has 1 atom stereocenters. The highest BCUT2D eigenvalue weighted by Crippen LogP contribution is 2.31. The van der Waals surface area contributed by atoms with Crippen molar-refractivity contribution in [1.29, 1.82) is 0 Å². The van der Waals surface area contributed by atoms with Crippen LogP contribution >= 0.6 is 0 Å². The zero-order chi connectivity index (χ0) is 16.3. The molecule has 6 nitrogen and oxygen atoms in total. The highest BCUT2D eigenvalue weighted by Gasteiger charge is 2.29. The highest BCUT2D eigenvalue weighted by atomic mass is 16.2. The second kappa shape index (κ2) is 6.52. The Morgan fingerprint density at radius 2 is 2.09 bits per heavy atom. The summed E-state index contributed by atoms with van der Waals surface area (Å²) >= 11 is 0. The van der Waals surface area contributed by atoms with Crippen LogP contribution in [-0.4, -0.2) is 40.0 Å². The second-order valence-corrected chi connectivity index (χ2v) is 6.92. The Balaban J connectivity index is 1.91. The predicted molar refractivity (Wildman–Crippen MR) is 85.4 cm³/mol. The van der Waals surface area contributed by atoms with Crippen molar-refractivity contribution in [3.63, 3.8) is 0 Å². The number of hydrogen-bond donors (Lipinski definition) is 2. The lowest BCUT2D eigenvalue weighted by atomic mass is 10.1. The van der Waals surface area contributed by atoms with Crippen LogP contribution in [0.25, 0.3) is 0 Å². The fourth-order valence-corrected chi connectivity index (χ4v) is 2.89. The number of aryl methyl sites for hydroxylation is 1. The van der Waals surface area contributed by atoms with Gasteiger partial charge in [0.2, 0.25) is 5.91 Å². The Morgan fingerprint density at radius 3 is 2.68 bits per heavy atom. The Labute approximate surface area is 131 Å². The molecule has 0 aromatic carbocycles. The number of imide groups is 1. The summed E-state index contributed by atoms with van der Waals surface area (Å²) in [4.78, 5) is 26.0. The molecule has 6 heteroatoms. The van der Waals surface area contributed by atoms with E-state index in [1.165, 1.54) is 5.69 Å². The van der Waals surface area contributed by atoms with Gasteiger partial charge in [-0.3, -0.25) is 15.0 Å². The Morgan fingerprint density at radius 1 is 1.36 bits per heavy atom. The summed E-state index contributed by atoms with van der Waals surface area (Å²) in [5, 5.41) is 5.14. The zero-order valence-corrected chi connectivity index (χ0v) is 13.8. The van der Waals surface area contributed by atoms with Crippen LogP contribution < -0.4 is 10.6 Å². The molecule has 0 radical (unpaired) electrons. The molecule has 0 spiro atoms. The first-order chi connectivity index (χ1) is 10.3. The van der Waals surface area contributed by atoms with Gasteiger partial charge in [0.1, 0.15) is 0 Å². The smallest absolute Gasteiger partial charge is 0.321 e. The standard InChI is InChI=1S/C16H26N4O2/c1-16(2,3)18-15(22)17-14(21)11-20-10-6-8-13(20)12-7-5-9-19(12)4/h5,7,9,13H,6,8,10-11H2,1-4H3,(H2,17,18,21,22)/t13-/m0/s1. The fraction of sp³-hybridized carbons (Fsp3) is 0.625. The average molecular weight is 306 g/mol. The van der Waals surface area contributed by atoms with Crippen LogP contribution in [0.3, 0.4) is 0 Å². The SMILES string of the molecule is Cn1cccc1[C@@H]1CCCN1CC(=O)NC(=O)NC(C)(C)C. The molecule has 0 unspecified atom stereocenters. The maximum atomic E-state index is 12.1. The molecular formula is C16H26N4O2. The third-order valence-corrected chi connectivity index (χ3v) is 3.78. The van der Waals surface area contributed by atoms with Crippen LogP contribution in [0.5, 0.6) is 0 Å². The van der Waals surface area contributed by atoms with Crippen molar-refractivity contribution in [2.45, 2.75) is 45.2 Å². The summed E-state index contributed by atoms with van der Waals surface area (Å²) in [6.07, 6.45) is 4.12. The van der Waals surface area contributed by atoms with Crippen LogP contribution in [0.4, 0.5) is 4.79 Å². The van der Waals surface area contributed by atoms with Crippen molar-refractivity contribution >= 4 is 11.9 Å². The number of aromatic nitrogens is 1. The van der Waals surface area contributed by atoms with Gasteiger partial charge < -0.3 is 9.88 Å². The largest absolute Gasteiger partial charge is 0.353 e. The van der Waals surface area contributed by atoms with E-state index in [2.05, 4.69) is 26.2 Å². The second-order valence-electron chi connectivity index (χ2n) is 6.92. The average Bonchev–Trinajstić information content (AvgIpc) is 2.94. The van der Waals surface area contributed by atoms with Gasteiger partial charge in [-0.25, -0.2) is 4.79 Å². The van der Waals surface area contributed by atoms with Crippen molar-refractivity contribution in [2.75, 3.05) is 13.1 Å². The van der Waals surface area contributed by atoms with E-state index in [1.807, 2.05) is 40.1 Å². The van der Waals surface area contributed by atoms with E-state index in [4.69, 9.17) is 0 Å². The molecule has 1 fully saturated rings. The Kier molecular flexibility index (Phi) is 4.90. The van der Waals surface area contributed by atoms with Gasteiger partial charge in [-0.1, -0.05) is 0 Å². The number of carbonyl (C=O) groups is 2. The van der Waals surface area contributed by atoms with Gasteiger partial charge in [-0.2, -0.15) is 0 Å². The van der Waals surface area contributed by atoms with Gasteiger partial charge >= 0.3 is 6.03 Å². The first kappa shape index (κ1) is 16.5. The molecular weight excluding hydrogens is 280 g/mol. The molecule has 1 saturated heterocycles. The van der Waals surface area contributed by atoms with Crippen LogP contribution in [-0.2, 0) is 11.8 Å². The van der Waals surface area contributed by atoms with Gasteiger partial charge in [0.15, 0.2) is 0 Å². The molecule has 3 amide bonds. The number of nitrogens with one attached hydrogen (secondary N) is 2. The van der Waals surface area contributed by atoms with Gasteiger partial charge in [0.25, 0.3) is 0 Å². The normalized spacial score (nSPS) is 19.2. The van der Waals surface area contributed by atoms with E-state index in [0.29, 0.717) is 0 Å². The molecule has 2 rings (SSSR count). The van der Waals surface area contributed by atoms with Crippen molar-refractivity contribution in [3.8, 4) is 0 Å². The topological polar surface area (TPSA) is 66.4 Å². The van der Waals surface area contributed by atoms with Gasteiger partial charge in [-0.15, -0.1) is 0 Å². The number of rotatable bonds is 3. The minimum absolute atomic E-state index is 0.243. The van der Waals surface area contributed by atoms with Crippen molar-refractivity contribution in [1.82, 2.24) is 20.1 Å². The van der Waals surface area contributed by atoms with E-state index in [9.17, 15) is 9.59 Å². The van der Waals surface area contributed by atoms with Gasteiger partial charge in [-0.05, 0) is 52.3 Å². The van der Waals surface area contributed by atoms with Crippen molar-refractivity contribution < 1.29 is 9.59 Å². The third-order valence-electron chi connectivity index (χ3n) is 3.78. The maximum Gasteiger partial charge on any atom is 0.321 e. The maximum absolute atomic E-state index is 12.1. The first-order valence-corrected chi connectivity index (χ1v) is 7.73. The van der Waals surface area contributed by atoms with Crippen LogP contribution in [0.1, 0.15) is 45.3 Å². The summed E-state index contributed by atoms with van der Waals surface area (Å²) < 4.78 is 2.09. The lowest BCUT2D eigenvalue weighted by Gasteiger charge is -2.25. The van der Waals surface area contributed by atoms with E-state index in [0.717, 1.165) is 19.4 Å². The molecule has 122 valence electrons. The Bertz CT molecular complexity index is 545. The molecule has 0 bridgehead atoms. The lowest BCUT2D eigenvalue weighted by Crippen LogP contribution is -2.50. The number of carbonyl (C=O) groups excluding carboxylic acids is 2. The van der Waals surface area contributed by atoms with E-state index < -0.39 is 6.03 Å². The summed E-state index contributed by atoms with van der Waals surface area (Å²) in [5.74, 6) is -0.261. The molecule has 0 saturated carbocycles. The quantitative estimate of drug-likeness (QED) is 0.894. The molecule has 1 aliphatic heterocycles. The predicted octanol–water partition coefficient (Wildman–Crippen LogP) is 1.79. The van der Waals surface area contributed by atoms with Gasteiger partial charge in [0.05, 0.1) is 12.6 Å². The molecule has 1 aliphatic rings. The van der Waals surface area contributed by atoms with Crippen LogP contribution in [0.2, 0.25) is 0 Å². The lowest BCUT2D eigenvalue weighted by molar-refractivity contribution is -0.121. The monoisotopic (exact) mass is 306 g/mol. The minimum Gasteiger partial charge on any atom is -0.353 e. The third kappa shape index (κ3) is 4.34. The van der Waals surface area contributed by atoms with Crippen molar-refractivity contribution in [2.24, 2.45) is 7.05 Å². The number of hydrogen-bond acceptors (Lipinski definition) is 3. The number of likely N-dealkylation sites (tertiary alicyclic amines) is 1. The summed E-state index contributed by atoms with van der Waals surface area (Å²) in [6, 6.07) is 3.92. The summed E-state index contributed by atoms with van der Waals surface area (Å²) in [6.45, 7) is 6.76. The molecule has 1 aromatic rings. The number of nitrogens with zero attached hydrogens (tertiary/aromatic N) is 2. The fourth-order valence-electron chi connectivity index (χ4n) is 2.89. The summed E-state index contributed by atoms with van der Waals surface area (Å²) in [7, 11) is 2.02. The molecule has 22 heavy (non-hydrogen) atoms. The molecule has 1 aromatic heterocycles. The van der Waals surface area contributed by atoms with Gasteiger partial charge in [0, 0.05) is 24.5 Å². The van der Waals surface area contributed by atoms with Crippen LogP contribution in [0, 0.1) is 0 Å². The molecule has 2 heterocycles. The van der Waals surface area contributed by atoms with E-state index in [1.54, 1.807) is 0 Å². The highest BCUT2D eigenvalue weighted by molar-refractivity contribution is 5.95. The van der Waals surface area contributed by atoms with E-state index >= 15 is 0 Å².